The molecule has 0 unspecified atom stereocenters. The maximum Gasteiger partial charge on any atom is 0.372 e. The molecule has 0 saturated carbocycles. The van der Waals surface area contributed by atoms with E-state index in [2.05, 4.69) is 24.4 Å². The number of benzene rings is 1. The van der Waals surface area contributed by atoms with Crippen LogP contribution in [-0.2, 0) is 19.5 Å². The second-order valence-corrected chi connectivity index (χ2v) is 4.76. The number of aryl methyl sites for hydroxylation is 2. The summed E-state index contributed by atoms with van der Waals surface area (Å²) in [5.41, 5.74) is 3.24. The Morgan fingerprint density at radius 2 is 1.95 bits per heavy atom. The average Bonchev–Trinajstić information content (AvgIpc) is 2.80. The van der Waals surface area contributed by atoms with Crippen LogP contribution in [0.4, 0.5) is 0 Å². The zero-order valence-corrected chi connectivity index (χ0v) is 11.8. The number of carboxylic acids is 1. The number of hydrogen-bond donors (Lipinski definition) is 2. The largest absolute Gasteiger partial charge is 0.475 e. The Morgan fingerprint density at radius 1 is 1.25 bits per heavy atom. The van der Waals surface area contributed by atoms with Crippen molar-refractivity contribution in [3.05, 3.63) is 58.5 Å². The third-order valence-corrected chi connectivity index (χ3v) is 3.28. The lowest BCUT2D eigenvalue weighted by molar-refractivity contribution is 0.0659. The van der Waals surface area contributed by atoms with Gasteiger partial charge in [-0.05, 0) is 30.5 Å². The van der Waals surface area contributed by atoms with Crippen molar-refractivity contribution >= 4 is 5.97 Å². The normalized spacial score (nSPS) is 10.7. The molecule has 0 atom stereocenters. The van der Waals surface area contributed by atoms with Gasteiger partial charge in [0.15, 0.2) is 0 Å². The Kier molecular flexibility index (Phi) is 4.58. The Morgan fingerprint density at radius 3 is 2.55 bits per heavy atom. The molecular formula is C16H19NO3. The molecule has 0 saturated heterocycles. The number of nitrogens with one attached hydrogen (secondary N) is 1. The molecule has 20 heavy (non-hydrogen) atoms. The minimum atomic E-state index is -1.02. The second kappa shape index (κ2) is 6.39. The lowest BCUT2D eigenvalue weighted by Gasteiger charge is -2.08. The topological polar surface area (TPSA) is 62.5 Å². The van der Waals surface area contributed by atoms with E-state index in [1.807, 2.05) is 12.1 Å². The molecule has 0 spiro atoms. The molecule has 1 heterocycles. The van der Waals surface area contributed by atoms with E-state index in [1.165, 1.54) is 11.1 Å². The lowest BCUT2D eigenvalue weighted by Crippen LogP contribution is -2.13. The van der Waals surface area contributed by atoms with Gasteiger partial charge in [0.1, 0.15) is 5.76 Å². The van der Waals surface area contributed by atoms with Crippen molar-refractivity contribution in [3.8, 4) is 0 Å². The molecule has 0 radical (unpaired) electrons. The molecule has 4 heteroatoms. The second-order valence-electron chi connectivity index (χ2n) is 4.76. The number of aromatic carboxylic acids is 1. The van der Waals surface area contributed by atoms with Gasteiger partial charge in [0.25, 0.3) is 0 Å². The summed E-state index contributed by atoms with van der Waals surface area (Å²) in [4.78, 5) is 10.9. The molecular weight excluding hydrogens is 254 g/mol. The van der Waals surface area contributed by atoms with Crippen molar-refractivity contribution < 1.29 is 14.3 Å². The molecule has 0 fully saturated rings. The van der Waals surface area contributed by atoms with Gasteiger partial charge in [0.05, 0.1) is 6.54 Å². The predicted molar refractivity (Wildman–Crippen MR) is 76.8 cm³/mol. The molecule has 0 amide bonds. The van der Waals surface area contributed by atoms with Crippen LogP contribution in [0.25, 0.3) is 0 Å². The highest BCUT2D eigenvalue weighted by molar-refractivity contribution is 5.86. The van der Waals surface area contributed by atoms with Gasteiger partial charge in [-0.1, -0.05) is 31.2 Å². The molecule has 1 aromatic heterocycles. The molecule has 0 aliphatic heterocycles. The van der Waals surface area contributed by atoms with E-state index in [4.69, 9.17) is 9.52 Å². The highest BCUT2D eigenvalue weighted by Gasteiger charge is 2.13. The number of carboxylic acid groups (broad SMARTS) is 1. The van der Waals surface area contributed by atoms with Crippen LogP contribution in [0.3, 0.4) is 0 Å². The summed E-state index contributed by atoms with van der Waals surface area (Å²) in [6.45, 7) is 5.13. The van der Waals surface area contributed by atoms with E-state index in [0.29, 0.717) is 17.9 Å². The van der Waals surface area contributed by atoms with Gasteiger partial charge >= 0.3 is 5.97 Å². The third-order valence-electron chi connectivity index (χ3n) is 3.28. The first-order valence-corrected chi connectivity index (χ1v) is 6.72. The van der Waals surface area contributed by atoms with Gasteiger partial charge in [-0.15, -0.1) is 0 Å². The van der Waals surface area contributed by atoms with E-state index in [1.54, 1.807) is 13.0 Å². The number of furan rings is 1. The van der Waals surface area contributed by atoms with E-state index in [0.717, 1.165) is 13.0 Å². The molecule has 4 nitrogen and oxygen atoms in total. The van der Waals surface area contributed by atoms with Crippen molar-refractivity contribution in [2.75, 3.05) is 0 Å². The van der Waals surface area contributed by atoms with Crippen LogP contribution in [0.15, 0.2) is 34.7 Å². The van der Waals surface area contributed by atoms with Gasteiger partial charge in [-0.3, -0.25) is 0 Å². The fraction of sp³-hybridized carbons (Fsp3) is 0.312. The van der Waals surface area contributed by atoms with Gasteiger partial charge in [-0.2, -0.15) is 0 Å². The summed E-state index contributed by atoms with van der Waals surface area (Å²) in [5, 5.41) is 12.2. The summed E-state index contributed by atoms with van der Waals surface area (Å²) < 4.78 is 5.31. The Balaban J connectivity index is 1.96. The van der Waals surface area contributed by atoms with Crippen molar-refractivity contribution in [3.63, 3.8) is 0 Å². The van der Waals surface area contributed by atoms with Gasteiger partial charge < -0.3 is 14.8 Å². The Labute approximate surface area is 118 Å². The van der Waals surface area contributed by atoms with Gasteiger partial charge in [0.2, 0.25) is 5.76 Å². The minimum absolute atomic E-state index is 0.0239. The number of carbonyl (C=O) groups is 1. The molecule has 2 N–H and O–H groups in total. The van der Waals surface area contributed by atoms with Crippen LogP contribution in [0.1, 0.15) is 39.9 Å². The molecule has 2 aromatic rings. The summed E-state index contributed by atoms with van der Waals surface area (Å²) >= 11 is 0. The maximum atomic E-state index is 10.9. The minimum Gasteiger partial charge on any atom is -0.475 e. The summed E-state index contributed by atoms with van der Waals surface area (Å²) in [6.07, 6.45) is 1.00. The van der Waals surface area contributed by atoms with Crippen molar-refractivity contribution in [2.45, 2.75) is 33.4 Å². The average molecular weight is 273 g/mol. The fourth-order valence-electron chi connectivity index (χ4n) is 2.24. The predicted octanol–water partition coefficient (Wildman–Crippen LogP) is 3.14. The zero-order chi connectivity index (χ0) is 14.5. The Bertz CT molecular complexity index is 602. The molecule has 106 valence electrons. The molecule has 0 aliphatic rings. The van der Waals surface area contributed by atoms with E-state index < -0.39 is 5.97 Å². The quantitative estimate of drug-likeness (QED) is 0.848. The first kappa shape index (κ1) is 14.3. The summed E-state index contributed by atoms with van der Waals surface area (Å²) in [7, 11) is 0. The molecule has 0 aliphatic carbocycles. The number of hydrogen-bond acceptors (Lipinski definition) is 3. The fourth-order valence-corrected chi connectivity index (χ4v) is 2.24. The smallest absolute Gasteiger partial charge is 0.372 e. The van der Waals surface area contributed by atoms with E-state index >= 15 is 0 Å². The highest BCUT2D eigenvalue weighted by Crippen LogP contribution is 2.15. The van der Waals surface area contributed by atoms with Crippen molar-refractivity contribution in [2.24, 2.45) is 0 Å². The highest BCUT2D eigenvalue weighted by atomic mass is 16.4. The van der Waals surface area contributed by atoms with E-state index in [9.17, 15) is 4.79 Å². The molecule has 0 bridgehead atoms. The first-order chi connectivity index (χ1) is 9.61. The third kappa shape index (κ3) is 3.27. The van der Waals surface area contributed by atoms with Crippen LogP contribution in [-0.4, -0.2) is 11.1 Å². The van der Waals surface area contributed by atoms with Gasteiger partial charge in [0, 0.05) is 12.1 Å². The summed E-state index contributed by atoms with van der Waals surface area (Å²) in [5.74, 6) is -0.352. The van der Waals surface area contributed by atoms with Gasteiger partial charge in [-0.25, -0.2) is 4.79 Å². The van der Waals surface area contributed by atoms with Crippen LogP contribution in [0, 0.1) is 6.92 Å². The van der Waals surface area contributed by atoms with Crippen LogP contribution >= 0.6 is 0 Å². The Hall–Kier alpha value is -2.07. The lowest BCUT2D eigenvalue weighted by atomic mass is 10.1. The van der Waals surface area contributed by atoms with Crippen molar-refractivity contribution in [1.29, 1.82) is 0 Å². The number of rotatable bonds is 6. The SMILES string of the molecule is CCc1ccccc1CNCc1cc(C)c(C(=O)O)o1. The zero-order valence-electron chi connectivity index (χ0n) is 11.8. The van der Waals surface area contributed by atoms with Crippen LogP contribution in [0.5, 0.6) is 0 Å². The van der Waals surface area contributed by atoms with E-state index in [-0.39, 0.29) is 5.76 Å². The van der Waals surface area contributed by atoms with Crippen molar-refractivity contribution in [1.82, 2.24) is 5.32 Å². The summed E-state index contributed by atoms with van der Waals surface area (Å²) in [6, 6.07) is 10.0. The standard InChI is InChI=1S/C16H19NO3/c1-3-12-6-4-5-7-13(12)9-17-10-14-8-11(2)15(20-14)16(18)19/h4-8,17H,3,9-10H2,1-2H3,(H,18,19). The van der Waals surface area contributed by atoms with Crippen LogP contribution in [0.2, 0.25) is 0 Å². The maximum absolute atomic E-state index is 10.9. The van der Waals surface area contributed by atoms with Crippen LogP contribution < -0.4 is 5.32 Å². The first-order valence-electron chi connectivity index (χ1n) is 6.72. The monoisotopic (exact) mass is 273 g/mol. The molecule has 2 rings (SSSR count). The molecule has 1 aromatic carbocycles.